The van der Waals surface area contributed by atoms with Crippen LogP contribution in [0.5, 0.6) is 0 Å². The molecule has 0 aromatic carbocycles. The Bertz CT molecular complexity index is 245. The second-order valence-corrected chi connectivity index (χ2v) is 5.44. The van der Waals surface area contributed by atoms with Crippen LogP contribution < -0.4 is 5.32 Å². The van der Waals surface area contributed by atoms with Crippen molar-refractivity contribution in [3.05, 3.63) is 0 Å². The highest BCUT2D eigenvalue weighted by Gasteiger charge is 2.19. The summed E-state index contributed by atoms with van der Waals surface area (Å²) in [6.45, 7) is 3.03. The molecule has 1 rings (SSSR count). The van der Waals surface area contributed by atoms with Crippen LogP contribution in [0.1, 0.15) is 38.5 Å². The van der Waals surface area contributed by atoms with Crippen LogP contribution >= 0.6 is 0 Å². The second-order valence-electron chi connectivity index (χ2n) is 5.44. The van der Waals surface area contributed by atoms with Gasteiger partial charge < -0.3 is 15.1 Å². The maximum absolute atomic E-state index is 11.9. The molecule has 0 bridgehead atoms. The number of nitrogens with one attached hydrogen (secondary N) is 1. The number of carbonyl (C=O) groups excluding carboxylic acids is 1. The van der Waals surface area contributed by atoms with Crippen LogP contribution in [0.4, 0.5) is 0 Å². The largest absolute Gasteiger partial charge is 0.346 e. The van der Waals surface area contributed by atoms with E-state index in [9.17, 15) is 4.79 Å². The van der Waals surface area contributed by atoms with Gasteiger partial charge in [-0.25, -0.2) is 0 Å². The van der Waals surface area contributed by atoms with Gasteiger partial charge in [-0.05, 0) is 52.9 Å². The van der Waals surface area contributed by atoms with Gasteiger partial charge in [-0.15, -0.1) is 0 Å². The Kier molecular flexibility index (Phi) is 7.28. The lowest BCUT2D eigenvalue weighted by Gasteiger charge is -2.33. The fourth-order valence-electron chi connectivity index (χ4n) is 2.58. The molecule has 1 aliphatic heterocycles. The highest BCUT2D eigenvalue weighted by atomic mass is 16.2. The molecule has 4 heteroatoms. The van der Waals surface area contributed by atoms with E-state index in [4.69, 9.17) is 0 Å². The molecule has 0 aromatic rings. The number of carbonyl (C=O) groups is 1. The number of likely N-dealkylation sites (tertiary alicyclic amines) is 1. The van der Waals surface area contributed by atoms with Crippen LogP contribution in [0, 0.1) is 0 Å². The monoisotopic (exact) mass is 255 g/mol. The average Bonchev–Trinajstić information content (AvgIpc) is 2.37. The van der Waals surface area contributed by atoms with Crippen molar-refractivity contribution in [2.24, 2.45) is 0 Å². The van der Waals surface area contributed by atoms with E-state index in [2.05, 4.69) is 17.3 Å². The Labute approximate surface area is 112 Å². The standard InChI is InChI=1S/C14H29N3O/c1-15-10-6-8-14(18)17(3)12-9-13-7-4-5-11-16(13)2/h13,15H,4-12H2,1-3H3. The van der Waals surface area contributed by atoms with E-state index in [0.717, 1.165) is 25.9 Å². The van der Waals surface area contributed by atoms with E-state index < -0.39 is 0 Å². The lowest BCUT2D eigenvalue weighted by molar-refractivity contribution is -0.130. The summed E-state index contributed by atoms with van der Waals surface area (Å²) >= 11 is 0. The molecule has 1 atom stereocenters. The molecule has 1 fully saturated rings. The Morgan fingerprint density at radius 1 is 1.44 bits per heavy atom. The summed E-state index contributed by atoms with van der Waals surface area (Å²) in [6.07, 6.45) is 6.67. The molecule has 106 valence electrons. The smallest absolute Gasteiger partial charge is 0.222 e. The Morgan fingerprint density at radius 3 is 2.89 bits per heavy atom. The Hall–Kier alpha value is -0.610. The number of hydrogen-bond acceptors (Lipinski definition) is 3. The van der Waals surface area contributed by atoms with E-state index in [1.807, 2.05) is 19.0 Å². The third-order valence-electron chi connectivity index (χ3n) is 3.96. The van der Waals surface area contributed by atoms with Crippen LogP contribution in [0.25, 0.3) is 0 Å². The van der Waals surface area contributed by atoms with Crippen molar-refractivity contribution in [2.45, 2.75) is 44.6 Å². The van der Waals surface area contributed by atoms with Gasteiger partial charge in [-0.2, -0.15) is 0 Å². The van der Waals surface area contributed by atoms with Crippen LogP contribution in [0.2, 0.25) is 0 Å². The molecule has 1 aliphatic rings. The van der Waals surface area contributed by atoms with E-state index >= 15 is 0 Å². The van der Waals surface area contributed by atoms with Gasteiger partial charge in [0.15, 0.2) is 0 Å². The summed E-state index contributed by atoms with van der Waals surface area (Å²) in [5, 5.41) is 3.07. The van der Waals surface area contributed by atoms with Gasteiger partial charge >= 0.3 is 0 Å². The molecule has 18 heavy (non-hydrogen) atoms. The SMILES string of the molecule is CNCCCC(=O)N(C)CCC1CCCCN1C. The molecule has 0 aliphatic carbocycles. The lowest BCUT2D eigenvalue weighted by atomic mass is 10.00. The first-order valence-electron chi connectivity index (χ1n) is 7.24. The molecule has 0 aromatic heterocycles. The average molecular weight is 255 g/mol. The maximum atomic E-state index is 11.9. The summed E-state index contributed by atoms with van der Waals surface area (Å²) in [5.74, 6) is 0.281. The molecule has 4 nitrogen and oxygen atoms in total. The Morgan fingerprint density at radius 2 is 2.22 bits per heavy atom. The van der Waals surface area contributed by atoms with Gasteiger partial charge in [0.2, 0.25) is 5.91 Å². The zero-order valence-electron chi connectivity index (χ0n) is 12.2. The topological polar surface area (TPSA) is 35.6 Å². The van der Waals surface area contributed by atoms with E-state index in [0.29, 0.717) is 12.5 Å². The molecule has 0 spiro atoms. The zero-order chi connectivity index (χ0) is 13.4. The predicted molar refractivity (Wildman–Crippen MR) is 75.7 cm³/mol. The van der Waals surface area contributed by atoms with E-state index in [1.54, 1.807) is 0 Å². The quantitative estimate of drug-likeness (QED) is 0.697. The first-order chi connectivity index (χ1) is 8.65. The fourth-order valence-corrected chi connectivity index (χ4v) is 2.58. The van der Waals surface area contributed by atoms with Crippen molar-refractivity contribution in [1.29, 1.82) is 0 Å². The van der Waals surface area contributed by atoms with Crippen molar-refractivity contribution >= 4 is 5.91 Å². The van der Waals surface area contributed by atoms with Crippen molar-refractivity contribution in [1.82, 2.24) is 15.1 Å². The number of rotatable bonds is 7. The van der Waals surface area contributed by atoms with Gasteiger partial charge in [0.1, 0.15) is 0 Å². The number of nitrogens with zero attached hydrogens (tertiary/aromatic N) is 2. The van der Waals surface area contributed by atoms with Crippen molar-refractivity contribution < 1.29 is 4.79 Å². The number of piperidine rings is 1. The first kappa shape index (κ1) is 15.4. The van der Waals surface area contributed by atoms with Gasteiger partial charge in [-0.3, -0.25) is 4.79 Å². The third kappa shape index (κ3) is 5.36. The summed E-state index contributed by atoms with van der Waals surface area (Å²) < 4.78 is 0. The molecular weight excluding hydrogens is 226 g/mol. The van der Waals surface area contributed by atoms with Crippen LogP contribution in [-0.4, -0.2) is 62.5 Å². The first-order valence-corrected chi connectivity index (χ1v) is 7.24. The summed E-state index contributed by atoms with van der Waals surface area (Å²) in [7, 11) is 6.07. The maximum Gasteiger partial charge on any atom is 0.222 e. The number of hydrogen-bond donors (Lipinski definition) is 1. The molecule has 1 N–H and O–H groups in total. The molecule has 0 radical (unpaired) electrons. The van der Waals surface area contributed by atoms with Crippen LogP contribution in [0.3, 0.4) is 0 Å². The van der Waals surface area contributed by atoms with Crippen LogP contribution in [0.15, 0.2) is 0 Å². The van der Waals surface area contributed by atoms with Gasteiger partial charge in [-0.1, -0.05) is 6.42 Å². The minimum absolute atomic E-state index is 0.281. The molecule has 1 heterocycles. The van der Waals surface area contributed by atoms with Crippen molar-refractivity contribution in [2.75, 3.05) is 40.8 Å². The van der Waals surface area contributed by atoms with Crippen LogP contribution in [-0.2, 0) is 4.79 Å². The van der Waals surface area contributed by atoms with Crippen molar-refractivity contribution in [3.8, 4) is 0 Å². The molecule has 1 saturated heterocycles. The second kappa shape index (κ2) is 8.48. The Balaban J connectivity index is 2.18. The predicted octanol–water partition coefficient (Wildman–Crippen LogP) is 1.32. The van der Waals surface area contributed by atoms with E-state index in [1.165, 1.54) is 25.8 Å². The summed E-state index contributed by atoms with van der Waals surface area (Å²) in [4.78, 5) is 16.2. The van der Waals surface area contributed by atoms with Gasteiger partial charge in [0, 0.05) is 26.1 Å². The lowest BCUT2D eigenvalue weighted by Crippen LogP contribution is -2.39. The zero-order valence-corrected chi connectivity index (χ0v) is 12.2. The highest BCUT2D eigenvalue weighted by Crippen LogP contribution is 2.17. The molecular formula is C14H29N3O. The highest BCUT2D eigenvalue weighted by molar-refractivity contribution is 5.75. The minimum Gasteiger partial charge on any atom is -0.346 e. The fraction of sp³-hybridized carbons (Fsp3) is 0.929. The normalized spacial score (nSPS) is 20.9. The minimum atomic E-state index is 0.281. The summed E-state index contributed by atoms with van der Waals surface area (Å²) in [6, 6.07) is 0.673. The third-order valence-corrected chi connectivity index (χ3v) is 3.96. The molecule has 0 saturated carbocycles. The molecule has 1 unspecified atom stereocenters. The van der Waals surface area contributed by atoms with Crippen molar-refractivity contribution in [3.63, 3.8) is 0 Å². The molecule has 1 amide bonds. The summed E-state index contributed by atoms with van der Waals surface area (Å²) in [5.41, 5.74) is 0. The van der Waals surface area contributed by atoms with Gasteiger partial charge in [0.25, 0.3) is 0 Å². The number of amides is 1. The van der Waals surface area contributed by atoms with E-state index in [-0.39, 0.29) is 5.91 Å². The van der Waals surface area contributed by atoms with Gasteiger partial charge in [0.05, 0.1) is 0 Å².